The van der Waals surface area contributed by atoms with Gasteiger partial charge in [-0.25, -0.2) is 0 Å². The van der Waals surface area contributed by atoms with E-state index in [1.54, 1.807) is 0 Å². The van der Waals surface area contributed by atoms with Crippen molar-refractivity contribution >= 4 is 0 Å². The Morgan fingerprint density at radius 2 is 2.57 bits per heavy atom. The van der Waals surface area contributed by atoms with Crippen LogP contribution >= 0.6 is 0 Å². The SMILES string of the molecule is C=C1CC[C@@H](C)N1. The molecule has 0 aromatic heterocycles. The van der Waals surface area contributed by atoms with Gasteiger partial charge in [0, 0.05) is 11.7 Å². The molecule has 0 aliphatic carbocycles. The first-order valence-electron chi connectivity index (χ1n) is 2.73. The Balaban J connectivity index is 2.40. The third-order valence-electron chi connectivity index (χ3n) is 1.33. The van der Waals surface area contributed by atoms with Gasteiger partial charge in [0.25, 0.3) is 0 Å². The molecular formula is C6H11N. The summed E-state index contributed by atoms with van der Waals surface area (Å²) in [5, 5.41) is 3.22. The molecule has 0 saturated carbocycles. The zero-order valence-electron chi connectivity index (χ0n) is 4.70. The van der Waals surface area contributed by atoms with Crippen molar-refractivity contribution in [2.45, 2.75) is 25.8 Å². The molecule has 0 amide bonds. The predicted octanol–water partition coefficient (Wildman–Crippen LogP) is 1.27. The van der Waals surface area contributed by atoms with Crippen molar-refractivity contribution in [3.05, 3.63) is 12.3 Å². The molecule has 1 aliphatic heterocycles. The smallest absolute Gasteiger partial charge is 0.0233 e. The summed E-state index contributed by atoms with van der Waals surface area (Å²) in [6.07, 6.45) is 2.43. The van der Waals surface area contributed by atoms with E-state index in [1.807, 2.05) is 0 Å². The maximum absolute atomic E-state index is 3.79. The summed E-state index contributed by atoms with van der Waals surface area (Å²) in [6, 6.07) is 0.674. The quantitative estimate of drug-likeness (QED) is 0.480. The Bertz CT molecular complexity index is 86.2. The van der Waals surface area contributed by atoms with Crippen LogP contribution < -0.4 is 5.32 Å². The van der Waals surface area contributed by atoms with E-state index in [9.17, 15) is 0 Å². The maximum atomic E-state index is 3.79. The Labute approximate surface area is 44.4 Å². The molecule has 0 bridgehead atoms. The molecule has 1 rings (SSSR count). The van der Waals surface area contributed by atoms with Crippen molar-refractivity contribution in [3.8, 4) is 0 Å². The molecule has 0 radical (unpaired) electrons. The van der Waals surface area contributed by atoms with Crippen LogP contribution in [-0.4, -0.2) is 6.04 Å². The molecule has 1 N–H and O–H groups in total. The fraction of sp³-hybridized carbons (Fsp3) is 0.667. The van der Waals surface area contributed by atoms with Crippen LogP contribution in [0.1, 0.15) is 19.8 Å². The Morgan fingerprint density at radius 1 is 1.86 bits per heavy atom. The van der Waals surface area contributed by atoms with Crippen LogP contribution in [0.5, 0.6) is 0 Å². The van der Waals surface area contributed by atoms with E-state index >= 15 is 0 Å². The third kappa shape index (κ3) is 0.952. The minimum Gasteiger partial charge on any atom is -0.386 e. The standard InChI is InChI=1S/C6H11N/c1-5-3-4-6(2)7-5/h6-7H,1,3-4H2,2H3/t6-/m1/s1. The first-order chi connectivity index (χ1) is 3.29. The normalized spacial score (nSPS) is 30.4. The summed E-state index contributed by atoms with van der Waals surface area (Å²) < 4.78 is 0. The molecule has 0 spiro atoms. The van der Waals surface area contributed by atoms with Crippen LogP contribution in [0.3, 0.4) is 0 Å². The molecule has 40 valence electrons. The van der Waals surface area contributed by atoms with Gasteiger partial charge >= 0.3 is 0 Å². The van der Waals surface area contributed by atoms with Gasteiger partial charge in [0.2, 0.25) is 0 Å². The van der Waals surface area contributed by atoms with Crippen molar-refractivity contribution in [1.82, 2.24) is 5.32 Å². The zero-order valence-corrected chi connectivity index (χ0v) is 4.70. The molecule has 1 fully saturated rings. The lowest BCUT2D eigenvalue weighted by Crippen LogP contribution is -2.14. The zero-order chi connectivity index (χ0) is 5.28. The monoisotopic (exact) mass is 97.1 g/mol. The average Bonchev–Trinajstić information content (AvgIpc) is 1.87. The fourth-order valence-corrected chi connectivity index (χ4v) is 0.884. The van der Waals surface area contributed by atoms with E-state index in [1.165, 1.54) is 18.5 Å². The molecule has 1 atom stereocenters. The highest BCUT2D eigenvalue weighted by Gasteiger charge is 2.09. The lowest BCUT2D eigenvalue weighted by atomic mass is 10.2. The molecule has 1 saturated heterocycles. The van der Waals surface area contributed by atoms with Crippen LogP contribution in [0.4, 0.5) is 0 Å². The summed E-state index contributed by atoms with van der Waals surface area (Å²) >= 11 is 0. The molecule has 1 heterocycles. The van der Waals surface area contributed by atoms with E-state index in [0.717, 1.165) is 0 Å². The first kappa shape index (κ1) is 4.69. The number of hydrogen-bond acceptors (Lipinski definition) is 1. The highest BCUT2D eigenvalue weighted by molar-refractivity contribution is 4.99. The van der Waals surface area contributed by atoms with Gasteiger partial charge < -0.3 is 5.32 Å². The molecule has 7 heavy (non-hydrogen) atoms. The van der Waals surface area contributed by atoms with Gasteiger partial charge in [-0.1, -0.05) is 6.58 Å². The number of allylic oxidation sites excluding steroid dienone is 1. The summed E-state index contributed by atoms with van der Waals surface area (Å²) in [4.78, 5) is 0. The van der Waals surface area contributed by atoms with Crippen molar-refractivity contribution in [2.24, 2.45) is 0 Å². The topological polar surface area (TPSA) is 12.0 Å². The second-order valence-electron chi connectivity index (χ2n) is 2.19. The number of rotatable bonds is 0. The summed E-state index contributed by atoms with van der Waals surface area (Å²) in [5.41, 5.74) is 1.20. The molecule has 0 aromatic carbocycles. The van der Waals surface area contributed by atoms with Gasteiger partial charge in [0.1, 0.15) is 0 Å². The molecule has 1 nitrogen and oxygen atoms in total. The average molecular weight is 97.2 g/mol. The van der Waals surface area contributed by atoms with Crippen LogP contribution in [0, 0.1) is 0 Å². The van der Waals surface area contributed by atoms with Gasteiger partial charge in [-0.15, -0.1) is 0 Å². The van der Waals surface area contributed by atoms with Gasteiger partial charge in [0.15, 0.2) is 0 Å². The number of hydrogen-bond donors (Lipinski definition) is 1. The van der Waals surface area contributed by atoms with E-state index in [-0.39, 0.29) is 0 Å². The maximum Gasteiger partial charge on any atom is 0.0233 e. The summed E-state index contributed by atoms with van der Waals surface area (Å²) in [6.45, 7) is 5.97. The minimum absolute atomic E-state index is 0.674. The van der Waals surface area contributed by atoms with Gasteiger partial charge in [0.05, 0.1) is 0 Å². The molecule has 1 aliphatic rings. The van der Waals surface area contributed by atoms with Crippen LogP contribution in [-0.2, 0) is 0 Å². The summed E-state index contributed by atoms with van der Waals surface area (Å²) in [7, 11) is 0. The van der Waals surface area contributed by atoms with E-state index in [4.69, 9.17) is 0 Å². The number of nitrogens with one attached hydrogen (secondary N) is 1. The molecule has 0 unspecified atom stereocenters. The lowest BCUT2D eigenvalue weighted by molar-refractivity contribution is 0.681. The second kappa shape index (κ2) is 1.57. The fourth-order valence-electron chi connectivity index (χ4n) is 0.884. The summed E-state index contributed by atoms with van der Waals surface area (Å²) in [5.74, 6) is 0. The van der Waals surface area contributed by atoms with Crippen molar-refractivity contribution in [1.29, 1.82) is 0 Å². The van der Waals surface area contributed by atoms with Gasteiger partial charge in [-0.3, -0.25) is 0 Å². The van der Waals surface area contributed by atoms with Crippen LogP contribution in [0.2, 0.25) is 0 Å². The van der Waals surface area contributed by atoms with Gasteiger partial charge in [-0.2, -0.15) is 0 Å². The minimum atomic E-state index is 0.674. The molecular weight excluding hydrogens is 86.1 g/mol. The Morgan fingerprint density at radius 3 is 2.71 bits per heavy atom. The molecule has 0 aromatic rings. The highest BCUT2D eigenvalue weighted by Crippen LogP contribution is 2.11. The Kier molecular flexibility index (Phi) is 1.05. The Hall–Kier alpha value is -0.460. The second-order valence-corrected chi connectivity index (χ2v) is 2.19. The lowest BCUT2D eigenvalue weighted by Gasteiger charge is -1.99. The van der Waals surface area contributed by atoms with Crippen LogP contribution in [0.15, 0.2) is 12.3 Å². The van der Waals surface area contributed by atoms with Gasteiger partial charge in [-0.05, 0) is 19.8 Å². The van der Waals surface area contributed by atoms with E-state index < -0.39 is 0 Å². The largest absolute Gasteiger partial charge is 0.386 e. The van der Waals surface area contributed by atoms with E-state index in [2.05, 4.69) is 18.8 Å². The van der Waals surface area contributed by atoms with Crippen LogP contribution in [0.25, 0.3) is 0 Å². The third-order valence-corrected chi connectivity index (χ3v) is 1.33. The van der Waals surface area contributed by atoms with Crippen molar-refractivity contribution < 1.29 is 0 Å². The van der Waals surface area contributed by atoms with Crippen molar-refractivity contribution in [3.63, 3.8) is 0 Å². The first-order valence-corrected chi connectivity index (χ1v) is 2.73. The van der Waals surface area contributed by atoms with E-state index in [0.29, 0.717) is 6.04 Å². The highest BCUT2D eigenvalue weighted by atomic mass is 14.9. The van der Waals surface area contributed by atoms with Crippen molar-refractivity contribution in [2.75, 3.05) is 0 Å². The predicted molar refractivity (Wildman–Crippen MR) is 31.0 cm³/mol. The molecule has 1 heteroatoms.